The maximum atomic E-state index is 8.94. The summed E-state index contributed by atoms with van der Waals surface area (Å²) in [5, 5.41) is 16.5. The lowest BCUT2D eigenvalue weighted by atomic mass is 10.2. The van der Waals surface area contributed by atoms with Crippen LogP contribution in [0.3, 0.4) is 0 Å². The zero-order valence-corrected chi connectivity index (χ0v) is 10.9. The van der Waals surface area contributed by atoms with Gasteiger partial charge >= 0.3 is 0 Å². The van der Waals surface area contributed by atoms with Crippen LogP contribution >= 0.6 is 0 Å². The van der Waals surface area contributed by atoms with Gasteiger partial charge in [-0.05, 0) is 13.8 Å². The Morgan fingerprint density at radius 3 is 3.00 bits per heavy atom. The normalized spacial score (nSPS) is 12.1. The maximum Gasteiger partial charge on any atom is 0.241 e. The third-order valence-electron chi connectivity index (χ3n) is 2.81. The van der Waals surface area contributed by atoms with E-state index in [1.807, 2.05) is 18.7 Å². The molecule has 2 heterocycles. The van der Waals surface area contributed by atoms with Gasteiger partial charge in [0.05, 0.1) is 23.6 Å². The van der Waals surface area contributed by atoms with Crippen molar-refractivity contribution < 1.29 is 0 Å². The molecular formula is C11H16N8. The Bertz CT molecular complexity index is 598. The molecule has 0 amide bonds. The number of rotatable bonds is 5. The van der Waals surface area contributed by atoms with Gasteiger partial charge in [-0.15, -0.1) is 0 Å². The van der Waals surface area contributed by atoms with E-state index >= 15 is 0 Å². The van der Waals surface area contributed by atoms with Crippen molar-refractivity contribution in [1.82, 2.24) is 20.2 Å². The smallest absolute Gasteiger partial charge is 0.241 e. The van der Waals surface area contributed by atoms with E-state index in [2.05, 4.69) is 31.7 Å². The number of H-pyrrole nitrogens is 1. The third-order valence-corrected chi connectivity index (χ3v) is 2.81. The van der Waals surface area contributed by atoms with Crippen LogP contribution in [0.4, 0.5) is 11.8 Å². The molecule has 0 radical (unpaired) electrons. The molecule has 19 heavy (non-hydrogen) atoms. The van der Waals surface area contributed by atoms with Gasteiger partial charge in [-0.25, -0.2) is 5.84 Å². The standard InChI is InChI=1S/C11H16N8/c1-3-19(6-7(2)4-12)10-8-5-14-18-9(8)15-11(16-10)17-13/h5,7H,3,6,13H2,1-2H3,(H2,14,15,16,17,18). The first kappa shape index (κ1) is 13.0. The first-order valence-electron chi connectivity index (χ1n) is 6.01. The average Bonchev–Trinajstić information content (AvgIpc) is 2.91. The van der Waals surface area contributed by atoms with E-state index in [1.54, 1.807) is 6.20 Å². The van der Waals surface area contributed by atoms with E-state index < -0.39 is 0 Å². The minimum Gasteiger partial charge on any atom is -0.355 e. The number of nitrogens with two attached hydrogens (primary N) is 1. The van der Waals surface area contributed by atoms with E-state index in [0.29, 0.717) is 18.1 Å². The summed E-state index contributed by atoms with van der Waals surface area (Å²) in [6, 6.07) is 2.22. The predicted octanol–water partition coefficient (Wildman–Crippen LogP) is 0.624. The monoisotopic (exact) mass is 260 g/mol. The molecule has 0 fully saturated rings. The second kappa shape index (κ2) is 5.49. The average molecular weight is 260 g/mol. The molecule has 0 saturated heterocycles. The fourth-order valence-corrected chi connectivity index (χ4v) is 1.86. The van der Waals surface area contributed by atoms with Crippen molar-refractivity contribution in [2.75, 3.05) is 23.4 Å². The summed E-state index contributed by atoms with van der Waals surface area (Å²) >= 11 is 0. The van der Waals surface area contributed by atoms with Crippen LogP contribution in [0.5, 0.6) is 0 Å². The summed E-state index contributed by atoms with van der Waals surface area (Å²) in [6.45, 7) is 5.20. The number of aromatic amines is 1. The minimum atomic E-state index is -0.0915. The Hall–Kier alpha value is -2.40. The zero-order valence-electron chi connectivity index (χ0n) is 10.9. The predicted molar refractivity (Wildman–Crippen MR) is 72.2 cm³/mol. The van der Waals surface area contributed by atoms with Crippen molar-refractivity contribution in [1.29, 1.82) is 5.26 Å². The number of nitriles is 1. The molecule has 1 unspecified atom stereocenters. The van der Waals surface area contributed by atoms with E-state index in [4.69, 9.17) is 11.1 Å². The Balaban J connectivity index is 2.46. The lowest BCUT2D eigenvalue weighted by Crippen LogP contribution is -2.29. The van der Waals surface area contributed by atoms with Crippen LogP contribution < -0.4 is 16.2 Å². The van der Waals surface area contributed by atoms with Gasteiger partial charge in [0.1, 0.15) is 5.82 Å². The first-order valence-corrected chi connectivity index (χ1v) is 6.01. The number of hydrogen-bond acceptors (Lipinski definition) is 7. The molecule has 0 aromatic carbocycles. The summed E-state index contributed by atoms with van der Waals surface area (Å²) < 4.78 is 0. The van der Waals surface area contributed by atoms with Crippen LogP contribution in [0.25, 0.3) is 11.0 Å². The zero-order chi connectivity index (χ0) is 13.8. The van der Waals surface area contributed by atoms with E-state index in [1.165, 1.54) is 0 Å². The van der Waals surface area contributed by atoms with Crippen LogP contribution in [-0.2, 0) is 0 Å². The largest absolute Gasteiger partial charge is 0.355 e. The van der Waals surface area contributed by atoms with Crippen LogP contribution in [0.1, 0.15) is 13.8 Å². The van der Waals surface area contributed by atoms with Crippen molar-refractivity contribution >= 4 is 22.8 Å². The highest BCUT2D eigenvalue weighted by molar-refractivity contribution is 5.87. The molecule has 0 aliphatic carbocycles. The Labute approximate surface area is 110 Å². The second-order valence-corrected chi connectivity index (χ2v) is 4.22. The Morgan fingerprint density at radius 2 is 2.37 bits per heavy atom. The lowest BCUT2D eigenvalue weighted by molar-refractivity contribution is 0.681. The highest BCUT2D eigenvalue weighted by Gasteiger charge is 2.16. The van der Waals surface area contributed by atoms with E-state index in [-0.39, 0.29) is 5.92 Å². The van der Waals surface area contributed by atoms with Gasteiger partial charge in [-0.1, -0.05) is 0 Å². The molecule has 0 aliphatic heterocycles. The molecular weight excluding hydrogens is 244 g/mol. The number of nitrogens with zero attached hydrogens (tertiary/aromatic N) is 5. The number of fused-ring (bicyclic) bond motifs is 1. The van der Waals surface area contributed by atoms with Gasteiger partial charge in [0.25, 0.3) is 0 Å². The highest BCUT2D eigenvalue weighted by atomic mass is 15.3. The molecule has 8 nitrogen and oxygen atoms in total. The fourth-order valence-electron chi connectivity index (χ4n) is 1.86. The molecule has 100 valence electrons. The van der Waals surface area contributed by atoms with Gasteiger partial charge in [-0.2, -0.15) is 20.3 Å². The van der Waals surface area contributed by atoms with Gasteiger partial charge in [0.2, 0.25) is 5.95 Å². The second-order valence-electron chi connectivity index (χ2n) is 4.22. The third kappa shape index (κ3) is 2.56. The summed E-state index contributed by atoms with van der Waals surface area (Å²) in [6.07, 6.45) is 1.67. The summed E-state index contributed by atoms with van der Waals surface area (Å²) in [5.41, 5.74) is 3.05. The van der Waals surface area contributed by atoms with Gasteiger partial charge < -0.3 is 4.90 Å². The number of nitrogen functional groups attached to an aromatic ring is 1. The molecule has 0 spiro atoms. The van der Waals surface area contributed by atoms with Crippen LogP contribution in [0.15, 0.2) is 6.20 Å². The molecule has 2 rings (SSSR count). The highest BCUT2D eigenvalue weighted by Crippen LogP contribution is 2.24. The van der Waals surface area contributed by atoms with Gasteiger partial charge in [-0.3, -0.25) is 10.5 Å². The number of nitrogens with one attached hydrogen (secondary N) is 2. The fraction of sp³-hybridized carbons (Fsp3) is 0.455. The molecule has 0 bridgehead atoms. The van der Waals surface area contributed by atoms with Gasteiger partial charge in [0, 0.05) is 13.1 Å². The number of hydrazine groups is 1. The first-order chi connectivity index (χ1) is 9.19. The van der Waals surface area contributed by atoms with Crippen molar-refractivity contribution in [2.24, 2.45) is 11.8 Å². The molecule has 0 aliphatic rings. The molecule has 1 atom stereocenters. The van der Waals surface area contributed by atoms with E-state index in [0.717, 1.165) is 17.7 Å². The molecule has 8 heteroatoms. The van der Waals surface area contributed by atoms with Crippen LogP contribution in [-0.4, -0.2) is 33.3 Å². The van der Waals surface area contributed by atoms with Crippen molar-refractivity contribution in [2.45, 2.75) is 13.8 Å². The lowest BCUT2D eigenvalue weighted by Gasteiger charge is -2.23. The minimum absolute atomic E-state index is 0.0915. The van der Waals surface area contributed by atoms with E-state index in [9.17, 15) is 0 Å². The Morgan fingerprint density at radius 1 is 1.58 bits per heavy atom. The SMILES string of the molecule is CCN(CC(C)C#N)c1nc(NN)nc2[nH]ncc12. The van der Waals surface area contributed by atoms with Gasteiger partial charge in [0.15, 0.2) is 5.65 Å². The van der Waals surface area contributed by atoms with Crippen molar-refractivity contribution in [3.8, 4) is 6.07 Å². The molecule has 0 saturated carbocycles. The summed E-state index contributed by atoms with van der Waals surface area (Å²) in [5.74, 6) is 6.31. The molecule has 4 N–H and O–H groups in total. The summed E-state index contributed by atoms with van der Waals surface area (Å²) in [7, 11) is 0. The quantitative estimate of drug-likeness (QED) is 0.532. The topological polar surface area (TPSA) is 120 Å². The number of anilines is 2. The number of aromatic nitrogens is 4. The van der Waals surface area contributed by atoms with Crippen LogP contribution in [0.2, 0.25) is 0 Å². The summed E-state index contributed by atoms with van der Waals surface area (Å²) in [4.78, 5) is 10.5. The molecule has 2 aromatic heterocycles. The van der Waals surface area contributed by atoms with Crippen molar-refractivity contribution in [3.05, 3.63) is 6.20 Å². The number of hydrogen-bond donors (Lipinski definition) is 3. The van der Waals surface area contributed by atoms with Crippen LogP contribution in [0, 0.1) is 17.2 Å². The van der Waals surface area contributed by atoms with Crippen molar-refractivity contribution in [3.63, 3.8) is 0 Å². The maximum absolute atomic E-state index is 8.94. The Kier molecular flexibility index (Phi) is 3.77. The molecule has 2 aromatic rings.